The van der Waals surface area contributed by atoms with Gasteiger partial charge >= 0.3 is 0 Å². The fraction of sp³-hybridized carbons (Fsp3) is 0.562. The van der Waals surface area contributed by atoms with Crippen LogP contribution in [0.1, 0.15) is 44.6 Å². The number of benzene rings is 1. The number of rotatable bonds is 6. The van der Waals surface area contributed by atoms with Crippen LogP contribution in [-0.2, 0) is 0 Å². The Balaban J connectivity index is 1.91. The highest BCUT2D eigenvalue weighted by atomic mass is 16.5. The van der Waals surface area contributed by atoms with Crippen molar-refractivity contribution in [2.24, 2.45) is 0 Å². The molecular formula is C16H22N2O. The Morgan fingerprint density at radius 1 is 1.42 bits per heavy atom. The minimum Gasteiger partial charge on any atom is -0.475 e. The lowest BCUT2D eigenvalue weighted by molar-refractivity contribution is 0.0595. The monoisotopic (exact) mass is 258 g/mol. The van der Waals surface area contributed by atoms with Gasteiger partial charge in [0.1, 0.15) is 5.75 Å². The zero-order valence-corrected chi connectivity index (χ0v) is 11.6. The van der Waals surface area contributed by atoms with Gasteiger partial charge in [0.05, 0.1) is 11.6 Å². The summed E-state index contributed by atoms with van der Waals surface area (Å²) >= 11 is 0. The predicted octanol–water partition coefficient (Wildman–Crippen LogP) is 3.55. The van der Waals surface area contributed by atoms with Crippen molar-refractivity contribution in [3.05, 3.63) is 29.8 Å². The number of nitriles is 1. The molecule has 0 aromatic heterocycles. The van der Waals surface area contributed by atoms with E-state index in [4.69, 9.17) is 10.00 Å². The first kappa shape index (κ1) is 13.9. The van der Waals surface area contributed by atoms with Gasteiger partial charge in [-0.3, -0.25) is 4.90 Å². The molecule has 2 rings (SSSR count). The molecule has 1 aromatic carbocycles. The molecule has 1 saturated heterocycles. The van der Waals surface area contributed by atoms with Crippen LogP contribution < -0.4 is 4.74 Å². The normalized spacial score (nSPS) is 19.3. The molecule has 1 aliphatic rings. The summed E-state index contributed by atoms with van der Waals surface area (Å²) in [6.45, 7) is 4.48. The van der Waals surface area contributed by atoms with Crippen molar-refractivity contribution in [2.45, 2.75) is 45.3 Å². The second-order valence-electron chi connectivity index (χ2n) is 5.10. The number of nitrogens with zero attached hydrogens (tertiary/aromatic N) is 2. The van der Waals surface area contributed by atoms with E-state index in [1.807, 2.05) is 18.2 Å². The van der Waals surface area contributed by atoms with Crippen LogP contribution in [0.2, 0.25) is 0 Å². The molecule has 1 fully saturated rings. The van der Waals surface area contributed by atoms with Crippen molar-refractivity contribution in [3.8, 4) is 11.8 Å². The zero-order chi connectivity index (χ0) is 13.5. The predicted molar refractivity (Wildman–Crippen MR) is 75.9 cm³/mol. The molecule has 102 valence electrons. The van der Waals surface area contributed by atoms with Crippen LogP contribution in [0.5, 0.6) is 5.75 Å². The van der Waals surface area contributed by atoms with Crippen molar-refractivity contribution in [2.75, 3.05) is 13.1 Å². The van der Waals surface area contributed by atoms with Gasteiger partial charge in [0.15, 0.2) is 6.23 Å². The molecule has 3 heteroatoms. The third-order valence-electron chi connectivity index (χ3n) is 3.59. The molecule has 0 saturated carbocycles. The van der Waals surface area contributed by atoms with Crippen molar-refractivity contribution in [3.63, 3.8) is 0 Å². The summed E-state index contributed by atoms with van der Waals surface area (Å²) in [4.78, 5) is 2.43. The molecule has 0 aliphatic carbocycles. The smallest absolute Gasteiger partial charge is 0.152 e. The summed E-state index contributed by atoms with van der Waals surface area (Å²) in [7, 11) is 0. The fourth-order valence-corrected chi connectivity index (χ4v) is 2.55. The molecule has 0 bridgehead atoms. The molecule has 19 heavy (non-hydrogen) atoms. The van der Waals surface area contributed by atoms with Crippen LogP contribution in [0.25, 0.3) is 0 Å². The first-order chi connectivity index (χ1) is 9.33. The van der Waals surface area contributed by atoms with E-state index < -0.39 is 0 Å². The molecule has 0 amide bonds. The Hall–Kier alpha value is -1.53. The lowest BCUT2D eigenvalue weighted by Crippen LogP contribution is -2.34. The van der Waals surface area contributed by atoms with Crippen LogP contribution in [0, 0.1) is 11.3 Å². The maximum Gasteiger partial charge on any atom is 0.152 e. The number of hydrogen-bond acceptors (Lipinski definition) is 3. The SMILES string of the molecule is CCCCCN1CCCC1Oc1cccc(C#N)c1. The van der Waals surface area contributed by atoms with Crippen molar-refractivity contribution in [1.29, 1.82) is 5.26 Å². The maximum atomic E-state index is 8.90. The summed E-state index contributed by atoms with van der Waals surface area (Å²) < 4.78 is 6.04. The Bertz CT molecular complexity index is 439. The van der Waals surface area contributed by atoms with Gasteiger partial charge in [-0.25, -0.2) is 0 Å². The van der Waals surface area contributed by atoms with E-state index in [0.29, 0.717) is 5.56 Å². The number of hydrogen-bond donors (Lipinski definition) is 0. The van der Waals surface area contributed by atoms with Crippen LogP contribution in [-0.4, -0.2) is 24.2 Å². The van der Waals surface area contributed by atoms with Crippen LogP contribution in [0.3, 0.4) is 0 Å². The van der Waals surface area contributed by atoms with Crippen LogP contribution in [0.15, 0.2) is 24.3 Å². The molecule has 0 N–H and O–H groups in total. The maximum absolute atomic E-state index is 8.90. The van der Waals surface area contributed by atoms with Gasteiger partial charge in [0.25, 0.3) is 0 Å². The van der Waals surface area contributed by atoms with E-state index in [0.717, 1.165) is 25.3 Å². The summed E-state index contributed by atoms with van der Waals surface area (Å²) in [5, 5.41) is 8.90. The quantitative estimate of drug-likeness (QED) is 0.732. The number of ether oxygens (including phenoxy) is 1. The van der Waals surface area contributed by atoms with Gasteiger partial charge in [-0.1, -0.05) is 25.8 Å². The van der Waals surface area contributed by atoms with E-state index in [2.05, 4.69) is 17.9 Å². The highest BCUT2D eigenvalue weighted by Crippen LogP contribution is 2.23. The molecule has 0 spiro atoms. The second-order valence-corrected chi connectivity index (χ2v) is 5.10. The standard InChI is InChI=1S/C16H22N2O/c1-2-3-4-10-18-11-6-9-16(18)19-15-8-5-7-14(12-15)13-17/h5,7-8,12,16H,2-4,6,9-11H2,1H3. The Morgan fingerprint density at radius 2 is 2.32 bits per heavy atom. The third-order valence-corrected chi connectivity index (χ3v) is 3.59. The molecule has 1 aliphatic heterocycles. The highest BCUT2D eigenvalue weighted by Gasteiger charge is 2.25. The Labute approximate surface area is 115 Å². The van der Waals surface area contributed by atoms with Gasteiger partial charge in [0.2, 0.25) is 0 Å². The average molecular weight is 258 g/mol. The Morgan fingerprint density at radius 3 is 3.11 bits per heavy atom. The summed E-state index contributed by atoms with van der Waals surface area (Å²) in [5.74, 6) is 0.812. The minimum atomic E-state index is 0.186. The van der Waals surface area contributed by atoms with E-state index in [9.17, 15) is 0 Å². The van der Waals surface area contributed by atoms with E-state index in [1.54, 1.807) is 6.07 Å². The van der Waals surface area contributed by atoms with Gasteiger partial charge < -0.3 is 4.74 Å². The van der Waals surface area contributed by atoms with Crippen LogP contribution in [0.4, 0.5) is 0 Å². The average Bonchev–Trinajstić information content (AvgIpc) is 2.87. The first-order valence-electron chi connectivity index (χ1n) is 7.24. The first-order valence-corrected chi connectivity index (χ1v) is 7.24. The molecule has 1 aromatic rings. The summed E-state index contributed by atoms with van der Waals surface area (Å²) in [5.41, 5.74) is 0.660. The summed E-state index contributed by atoms with van der Waals surface area (Å²) in [6, 6.07) is 9.59. The van der Waals surface area contributed by atoms with Crippen molar-refractivity contribution >= 4 is 0 Å². The van der Waals surface area contributed by atoms with Gasteiger partial charge in [-0.05, 0) is 37.5 Å². The lowest BCUT2D eigenvalue weighted by atomic mass is 10.2. The molecular weight excluding hydrogens is 236 g/mol. The van der Waals surface area contributed by atoms with Crippen molar-refractivity contribution in [1.82, 2.24) is 4.90 Å². The van der Waals surface area contributed by atoms with Gasteiger partial charge in [-0.2, -0.15) is 5.26 Å². The third kappa shape index (κ3) is 3.97. The van der Waals surface area contributed by atoms with E-state index >= 15 is 0 Å². The molecule has 1 heterocycles. The highest BCUT2D eigenvalue weighted by molar-refractivity contribution is 5.36. The largest absolute Gasteiger partial charge is 0.475 e. The van der Waals surface area contributed by atoms with Crippen molar-refractivity contribution < 1.29 is 4.74 Å². The van der Waals surface area contributed by atoms with E-state index in [1.165, 1.54) is 25.7 Å². The number of likely N-dealkylation sites (tertiary alicyclic amines) is 1. The topological polar surface area (TPSA) is 36.3 Å². The molecule has 0 radical (unpaired) electrons. The minimum absolute atomic E-state index is 0.186. The number of unbranched alkanes of at least 4 members (excludes halogenated alkanes) is 2. The van der Waals surface area contributed by atoms with Gasteiger partial charge in [0, 0.05) is 13.1 Å². The molecule has 1 unspecified atom stereocenters. The zero-order valence-electron chi connectivity index (χ0n) is 11.6. The molecule has 3 nitrogen and oxygen atoms in total. The van der Waals surface area contributed by atoms with E-state index in [-0.39, 0.29) is 6.23 Å². The molecule has 1 atom stereocenters. The van der Waals surface area contributed by atoms with Gasteiger partial charge in [-0.15, -0.1) is 0 Å². The van der Waals surface area contributed by atoms with Crippen LogP contribution >= 0.6 is 0 Å². The lowest BCUT2D eigenvalue weighted by Gasteiger charge is -2.25. The fourth-order valence-electron chi connectivity index (χ4n) is 2.55. The Kier molecular flexibility index (Phi) is 5.23. The second kappa shape index (κ2) is 7.16. The summed E-state index contributed by atoms with van der Waals surface area (Å²) in [6.07, 6.45) is 6.26.